The summed E-state index contributed by atoms with van der Waals surface area (Å²) in [7, 11) is 0. The van der Waals surface area contributed by atoms with Gasteiger partial charge in [0.25, 0.3) is 0 Å². The van der Waals surface area contributed by atoms with Gasteiger partial charge in [0.15, 0.2) is 11.5 Å². The lowest BCUT2D eigenvalue weighted by Crippen LogP contribution is -2.25. The number of hydrogen-bond donors (Lipinski definition) is 0. The quantitative estimate of drug-likeness (QED) is 0.666. The van der Waals surface area contributed by atoms with Crippen LogP contribution >= 0.6 is 11.6 Å². The van der Waals surface area contributed by atoms with Crippen LogP contribution in [0.5, 0.6) is 11.5 Å². The van der Waals surface area contributed by atoms with E-state index in [4.69, 9.17) is 25.6 Å². The van der Waals surface area contributed by atoms with E-state index in [9.17, 15) is 4.79 Å². The second-order valence-corrected chi connectivity index (χ2v) is 7.22. The molecule has 0 spiro atoms. The molecule has 1 aromatic heterocycles. The normalized spacial score (nSPS) is 18.1. The number of rotatable bonds is 3. The maximum atomic E-state index is 12.6. The number of ether oxygens (including phenoxy) is 2. The smallest absolute Gasteiger partial charge is 0.232 e. The van der Waals surface area contributed by atoms with E-state index in [2.05, 4.69) is 10.1 Å². The third-order valence-electron chi connectivity index (χ3n) is 5.08. The lowest BCUT2D eigenvalue weighted by Gasteiger charge is -2.19. The minimum atomic E-state index is -0.166. The monoisotopic (exact) mass is 397 g/mol. The van der Waals surface area contributed by atoms with Crippen molar-refractivity contribution < 1.29 is 18.8 Å². The van der Waals surface area contributed by atoms with Crippen molar-refractivity contribution in [3.05, 3.63) is 52.9 Å². The summed E-state index contributed by atoms with van der Waals surface area (Å²) in [6, 6.07) is 11.0. The first-order valence-electron chi connectivity index (χ1n) is 8.89. The summed E-state index contributed by atoms with van der Waals surface area (Å²) in [6.45, 7) is 2.59. The molecule has 8 heteroatoms. The molecule has 3 aromatic rings. The minimum Gasteiger partial charge on any atom is -0.454 e. The van der Waals surface area contributed by atoms with Gasteiger partial charge in [0.05, 0.1) is 5.92 Å². The summed E-state index contributed by atoms with van der Waals surface area (Å²) in [6.07, 6.45) is 0.314. The molecule has 1 saturated heterocycles. The predicted octanol–water partition coefficient (Wildman–Crippen LogP) is 3.95. The molecule has 1 fully saturated rings. The number of amides is 1. The van der Waals surface area contributed by atoms with E-state index in [0.29, 0.717) is 41.2 Å². The third-order valence-corrected chi connectivity index (χ3v) is 5.49. The zero-order chi connectivity index (χ0) is 19.3. The van der Waals surface area contributed by atoms with Crippen LogP contribution < -0.4 is 14.4 Å². The van der Waals surface area contributed by atoms with E-state index in [1.807, 2.05) is 43.3 Å². The molecule has 2 aliphatic heterocycles. The summed E-state index contributed by atoms with van der Waals surface area (Å²) >= 11 is 6.21. The number of fused-ring (bicyclic) bond motifs is 1. The first-order valence-corrected chi connectivity index (χ1v) is 9.27. The summed E-state index contributed by atoms with van der Waals surface area (Å²) < 4.78 is 16.2. The molecule has 2 aromatic carbocycles. The second-order valence-electron chi connectivity index (χ2n) is 6.81. The Morgan fingerprint density at radius 2 is 2.04 bits per heavy atom. The Kier molecular flexibility index (Phi) is 3.98. The van der Waals surface area contributed by atoms with E-state index in [0.717, 1.165) is 16.8 Å². The maximum Gasteiger partial charge on any atom is 0.232 e. The van der Waals surface area contributed by atoms with Gasteiger partial charge in [0, 0.05) is 29.2 Å². The number of carbonyl (C=O) groups excluding carboxylic acids is 1. The molecule has 0 bridgehead atoms. The summed E-state index contributed by atoms with van der Waals surface area (Å²) in [5.41, 5.74) is 2.46. The number of nitrogens with zero attached hydrogens (tertiary/aromatic N) is 3. The van der Waals surface area contributed by atoms with Gasteiger partial charge in [0.1, 0.15) is 0 Å². The van der Waals surface area contributed by atoms with Crippen LogP contribution in [0.3, 0.4) is 0 Å². The van der Waals surface area contributed by atoms with Crippen LogP contribution in [0.15, 0.2) is 40.9 Å². The van der Waals surface area contributed by atoms with Gasteiger partial charge in [-0.05, 0) is 42.8 Å². The SMILES string of the molecule is Cc1c(Cl)cccc1N1CC(c2nc(-c3ccc4c(c3)OCO4)no2)CC1=O. The number of halogens is 1. The van der Waals surface area contributed by atoms with Gasteiger partial charge in [-0.15, -0.1) is 0 Å². The van der Waals surface area contributed by atoms with Crippen molar-refractivity contribution in [2.24, 2.45) is 0 Å². The van der Waals surface area contributed by atoms with E-state index < -0.39 is 0 Å². The molecular weight excluding hydrogens is 382 g/mol. The second kappa shape index (κ2) is 6.53. The van der Waals surface area contributed by atoms with Gasteiger partial charge >= 0.3 is 0 Å². The van der Waals surface area contributed by atoms with E-state index in [1.54, 1.807) is 4.90 Å². The summed E-state index contributed by atoms with van der Waals surface area (Å²) in [5.74, 6) is 2.10. The summed E-state index contributed by atoms with van der Waals surface area (Å²) in [4.78, 5) is 18.8. The molecule has 3 heterocycles. The van der Waals surface area contributed by atoms with Crippen LogP contribution in [0.2, 0.25) is 5.02 Å². The van der Waals surface area contributed by atoms with Crippen LogP contribution in [0, 0.1) is 6.92 Å². The van der Waals surface area contributed by atoms with Crippen molar-refractivity contribution >= 4 is 23.2 Å². The molecule has 1 unspecified atom stereocenters. The Morgan fingerprint density at radius 3 is 2.93 bits per heavy atom. The van der Waals surface area contributed by atoms with Crippen LogP contribution in [-0.2, 0) is 4.79 Å². The van der Waals surface area contributed by atoms with Crippen LogP contribution in [0.1, 0.15) is 23.8 Å². The van der Waals surface area contributed by atoms with Gasteiger partial charge in [-0.3, -0.25) is 4.79 Å². The zero-order valence-corrected chi connectivity index (χ0v) is 15.8. The molecule has 28 heavy (non-hydrogen) atoms. The van der Waals surface area contributed by atoms with Crippen LogP contribution in [-0.4, -0.2) is 29.4 Å². The van der Waals surface area contributed by atoms with Crippen molar-refractivity contribution in [3.63, 3.8) is 0 Å². The molecule has 5 rings (SSSR count). The molecule has 0 radical (unpaired) electrons. The number of hydrogen-bond acceptors (Lipinski definition) is 6. The van der Waals surface area contributed by atoms with E-state index >= 15 is 0 Å². The fourth-order valence-electron chi connectivity index (χ4n) is 3.55. The highest BCUT2D eigenvalue weighted by molar-refractivity contribution is 6.31. The fraction of sp³-hybridized carbons (Fsp3) is 0.250. The van der Waals surface area contributed by atoms with Crippen molar-refractivity contribution in [1.82, 2.24) is 10.1 Å². The largest absolute Gasteiger partial charge is 0.454 e. The lowest BCUT2D eigenvalue weighted by atomic mass is 10.1. The average Bonchev–Trinajstić information content (AvgIpc) is 3.42. The van der Waals surface area contributed by atoms with Crippen molar-refractivity contribution in [1.29, 1.82) is 0 Å². The van der Waals surface area contributed by atoms with Crippen molar-refractivity contribution in [2.75, 3.05) is 18.2 Å². The Hall–Kier alpha value is -3.06. The molecule has 0 aliphatic carbocycles. The zero-order valence-electron chi connectivity index (χ0n) is 15.0. The average molecular weight is 398 g/mol. The lowest BCUT2D eigenvalue weighted by molar-refractivity contribution is -0.117. The highest BCUT2D eigenvalue weighted by Crippen LogP contribution is 2.37. The molecule has 1 amide bonds. The highest BCUT2D eigenvalue weighted by atomic mass is 35.5. The minimum absolute atomic E-state index is 0.0122. The van der Waals surface area contributed by atoms with Gasteiger partial charge in [-0.25, -0.2) is 0 Å². The first-order chi connectivity index (χ1) is 13.6. The molecule has 1 atom stereocenters. The van der Waals surface area contributed by atoms with Crippen LogP contribution in [0.4, 0.5) is 5.69 Å². The Morgan fingerprint density at radius 1 is 1.18 bits per heavy atom. The highest BCUT2D eigenvalue weighted by Gasteiger charge is 2.36. The fourth-order valence-corrected chi connectivity index (χ4v) is 3.72. The van der Waals surface area contributed by atoms with Gasteiger partial charge in [0.2, 0.25) is 24.4 Å². The number of carbonyl (C=O) groups is 1. The molecule has 142 valence electrons. The molecule has 2 aliphatic rings. The third kappa shape index (κ3) is 2.79. The molecule has 7 nitrogen and oxygen atoms in total. The van der Waals surface area contributed by atoms with Gasteiger partial charge < -0.3 is 18.9 Å². The maximum absolute atomic E-state index is 12.6. The van der Waals surface area contributed by atoms with Gasteiger partial charge in [-0.2, -0.15) is 4.98 Å². The predicted molar refractivity (Wildman–Crippen MR) is 102 cm³/mol. The molecule has 0 saturated carbocycles. The molecule has 0 N–H and O–H groups in total. The van der Waals surface area contributed by atoms with E-state index in [1.165, 1.54) is 0 Å². The topological polar surface area (TPSA) is 77.7 Å². The number of aromatic nitrogens is 2. The number of benzene rings is 2. The van der Waals surface area contributed by atoms with Crippen molar-refractivity contribution in [2.45, 2.75) is 19.3 Å². The van der Waals surface area contributed by atoms with Crippen LogP contribution in [0.25, 0.3) is 11.4 Å². The van der Waals surface area contributed by atoms with Crippen molar-refractivity contribution in [3.8, 4) is 22.9 Å². The molecular formula is C20H16ClN3O4. The Balaban J connectivity index is 1.39. The summed E-state index contributed by atoms with van der Waals surface area (Å²) in [5, 5.41) is 4.71. The Labute approximate surface area is 165 Å². The van der Waals surface area contributed by atoms with Gasteiger partial charge in [-0.1, -0.05) is 22.8 Å². The Bertz CT molecular complexity index is 1080. The first kappa shape index (κ1) is 17.1. The van der Waals surface area contributed by atoms with E-state index in [-0.39, 0.29) is 18.6 Å². The standard InChI is InChI=1S/C20H16ClN3O4/c1-11-14(21)3-2-4-15(11)24-9-13(8-18(24)25)20-22-19(23-28-20)12-5-6-16-17(7-12)27-10-26-16/h2-7,13H,8-10H2,1H3. The number of anilines is 1.